The topological polar surface area (TPSA) is 26.3 Å². The summed E-state index contributed by atoms with van der Waals surface area (Å²) in [6.07, 6.45) is 28.5. The summed E-state index contributed by atoms with van der Waals surface area (Å²) in [7, 11) is 0. The van der Waals surface area contributed by atoms with Crippen molar-refractivity contribution < 1.29 is 8.83 Å². The summed E-state index contributed by atoms with van der Waals surface area (Å²) >= 11 is -1.83. The molecule has 2 nitrogen and oxygen atoms in total. The van der Waals surface area contributed by atoms with Crippen molar-refractivity contribution in [1.29, 1.82) is 0 Å². The van der Waals surface area contributed by atoms with Crippen LogP contribution in [0.1, 0.15) is 207 Å². The second-order valence-electron chi connectivity index (χ2n) is 20.4. The number of fused-ring (bicyclic) bond motifs is 2. The van der Waals surface area contributed by atoms with Gasteiger partial charge in [0.05, 0.1) is 0 Å². The molecular weight excluding hydrogens is 1030 g/mol. The van der Waals surface area contributed by atoms with E-state index in [1.165, 1.54) is 218 Å². The van der Waals surface area contributed by atoms with Crippen LogP contribution in [0.3, 0.4) is 0 Å². The maximum absolute atomic E-state index is 7.85. The SMILES string of the molecule is CCCCC(CC)Cc1ccc(-c2c3c[c]([Sn]([CH2]CCC)([CH2]CCC)[CH2]CCC)oc3c(-c3ccc(CC(CC)CCCC)s3)c3c[c]([Sn]([CH2]CCC)([CH2]CCC)[CH2]CCC)oc23)s1. The molecule has 0 aliphatic heterocycles. The third kappa shape index (κ3) is 13.8. The third-order valence-electron chi connectivity index (χ3n) is 15.4. The van der Waals surface area contributed by atoms with Crippen molar-refractivity contribution in [3.05, 3.63) is 46.2 Å². The van der Waals surface area contributed by atoms with Gasteiger partial charge in [-0.05, 0) is 0 Å². The molecule has 0 saturated carbocycles. The van der Waals surface area contributed by atoms with Crippen LogP contribution >= 0.6 is 22.7 Å². The van der Waals surface area contributed by atoms with Crippen LogP contribution in [0.5, 0.6) is 0 Å². The quantitative estimate of drug-likeness (QED) is 0.0384. The van der Waals surface area contributed by atoms with Crippen LogP contribution in [-0.2, 0) is 12.8 Å². The van der Waals surface area contributed by atoms with Gasteiger partial charge >= 0.3 is 400 Å². The zero-order valence-electron chi connectivity index (χ0n) is 43.1. The first-order valence-electron chi connectivity index (χ1n) is 27.5. The summed E-state index contributed by atoms with van der Waals surface area (Å²) in [5, 5.41) is 2.72. The fourth-order valence-corrected chi connectivity index (χ4v) is 44.0. The molecule has 5 rings (SSSR count). The van der Waals surface area contributed by atoms with Crippen LogP contribution in [0.4, 0.5) is 0 Å². The van der Waals surface area contributed by atoms with Crippen LogP contribution < -0.4 is 7.55 Å². The van der Waals surface area contributed by atoms with E-state index in [9.17, 15) is 0 Å². The molecule has 5 aromatic rings. The summed E-state index contributed by atoms with van der Waals surface area (Å²) in [6, 6.07) is 15.3. The first-order chi connectivity index (χ1) is 31.2. The Morgan fingerprint density at radius 3 is 1.02 bits per heavy atom. The molecular formula is C58H94O2S2Sn2. The van der Waals surface area contributed by atoms with E-state index in [2.05, 4.69) is 128 Å². The van der Waals surface area contributed by atoms with Crippen molar-refractivity contribution in [3.63, 3.8) is 0 Å². The van der Waals surface area contributed by atoms with Crippen LogP contribution in [0, 0.1) is 11.8 Å². The van der Waals surface area contributed by atoms with E-state index in [0.717, 1.165) is 11.8 Å². The van der Waals surface area contributed by atoms with E-state index in [4.69, 9.17) is 8.83 Å². The number of hydrogen-bond acceptors (Lipinski definition) is 4. The predicted molar refractivity (Wildman–Crippen MR) is 296 cm³/mol. The standard InChI is InChI=1S/C34H40O2S2.6C4H9.2Sn/c1-5-9-11-23(7-3)21-25-13-15-29(37-25)31-27-17-19-36-34(27)32(28-18-20-35-33(28)31)30-16-14-26(38-30)22-24(8-4)12-10-6-2;6*1-3-4-2;;/h13-18,23-24H,5-12,21-22H2,1-4H3;6*1,3-4H2,2H3;;. The number of benzene rings is 1. The number of hydrogen-bond donors (Lipinski definition) is 0. The van der Waals surface area contributed by atoms with Crippen molar-refractivity contribution in [2.75, 3.05) is 0 Å². The molecule has 0 radical (unpaired) electrons. The van der Waals surface area contributed by atoms with E-state index in [1.54, 1.807) is 9.75 Å². The van der Waals surface area contributed by atoms with Gasteiger partial charge in [-0.25, -0.2) is 0 Å². The minimum absolute atomic E-state index is 0.752. The molecule has 358 valence electrons. The van der Waals surface area contributed by atoms with Crippen molar-refractivity contribution in [3.8, 4) is 20.9 Å². The molecule has 0 bridgehead atoms. The first-order valence-corrected chi connectivity index (χ1v) is 44.1. The van der Waals surface area contributed by atoms with E-state index < -0.39 is 36.8 Å². The van der Waals surface area contributed by atoms with Gasteiger partial charge < -0.3 is 0 Å². The maximum atomic E-state index is 7.85. The number of thiophene rings is 2. The molecule has 64 heavy (non-hydrogen) atoms. The van der Waals surface area contributed by atoms with Crippen molar-refractivity contribution in [2.24, 2.45) is 11.8 Å². The number of unbranched alkanes of at least 4 members (excludes halogenated alkanes) is 8. The van der Waals surface area contributed by atoms with Crippen LogP contribution in [0.2, 0.25) is 26.6 Å². The molecule has 0 N–H and O–H groups in total. The molecule has 0 saturated heterocycles. The zero-order valence-corrected chi connectivity index (χ0v) is 50.4. The summed E-state index contributed by atoms with van der Waals surface area (Å²) < 4.78 is 27.1. The molecule has 2 unspecified atom stereocenters. The predicted octanol–water partition coefficient (Wildman–Crippen LogP) is 20.3. The van der Waals surface area contributed by atoms with Gasteiger partial charge in [-0.15, -0.1) is 0 Å². The molecule has 0 aliphatic carbocycles. The van der Waals surface area contributed by atoms with Gasteiger partial charge in [-0.3, -0.25) is 0 Å². The molecule has 0 amide bonds. The Morgan fingerprint density at radius 2 is 0.734 bits per heavy atom. The van der Waals surface area contributed by atoms with E-state index in [0.29, 0.717) is 0 Å². The van der Waals surface area contributed by atoms with Crippen LogP contribution in [0.25, 0.3) is 42.8 Å². The van der Waals surface area contributed by atoms with E-state index in [1.807, 2.05) is 0 Å². The van der Waals surface area contributed by atoms with Gasteiger partial charge in [0, 0.05) is 0 Å². The summed E-state index contributed by atoms with van der Waals surface area (Å²) in [6.45, 7) is 23.9. The summed E-state index contributed by atoms with van der Waals surface area (Å²) in [5.74, 6) is 1.50. The molecule has 0 fully saturated rings. The summed E-state index contributed by atoms with van der Waals surface area (Å²) in [4.78, 5) is 5.88. The second-order valence-corrected chi connectivity index (χ2v) is 48.7. The first kappa shape index (κ1) is 54.2. The summed E-state index contributed by atoms with van der Waals surface area (Å²) in [5.41, 5.74) is 5.09. The van der Waals surface area contributed by atoms with Gasteiger partial charge in [0.25, 0.3) is 0 Å². The van der Waals surface area contributed by atoms with Crippen molar-refractivity contribution >= 4 is 88.9 Å². The Bertz CT molecular complexity index is 1820. The average molecular weight is 1120 g/mol. The zero-order chi connectivity index (χ0) is 46.0. The Balaban J connectivity index is 1.89. The van der Waals surface area contributed by atoms with Gasteiger partial charge in [-0.2, -0.15) is 0 Å². The Hall–Kier alpha value is -0.703. The Labute approximate surface area is 410 Å². The van der Waals surface area contributed by atoms with E-state index in [-0.39, 0.29) is 0 Å². The number of rotatable bonds is 34. The van der Waals surface area contributed by atoms with Crippen LogP contribution in [-0.4, -0.2) is 36.8 Å². The van der Waals surface area contributed by atoms with Gasteiger partial charge in [0.2, 0.25) is 0 Å². The molecule has 2 atom stereocenters. The molecule has 4 aromatic heterocycles. The van der Waals surface area contributed by atoms with Gasteiger partial charge in [0.15, 0.2) is 0 Å². The molecule has 6 heteroatoms. The number of furan rings is 2. The third-order valence-corrected chi connectivity index (χ3v) is 47.5. The second kappa shape index (κ2) is 28.1. The van der Waals surface area contributed by atoms with E-state index >= 15 is 0 Å². The van der Waals surface area contributed by atoms with Crippen LogP contribution in [0.15, 0.2) is 45.2 Å². The molecule has 0 aliphatic rings. The molecule has 0 spiro atoms. The van der Waals surface area contributed by atoms with Gasteiger partial charge in [0.1, 0.15) is 0 Å². The molecule has 1 aromatic carbocycles. The fraction of sp³-hybridized carbons (Fsp3) is 0.690. The van der Waals surface area contributed by atoms with Gasteiger partial charge in [-0.1, -0.05) is 13.8 Å². The van der Waals surface area contributed by atoms with Crippen molar-refractivity contribution in [2.45, 2.75) is 237 Å². The fourth-order valence-electron chi connectivity index (χ4n) is 11.1. The van der Waals surface area contributed by atoms with Crippen molar-refractivity contribution in [1.82, 2.24) is 0 Å². The minimum atomic E-state index is -2.98. The normalized spacial score (nSPS) is 13.5. The average Bonchev–Trinajstić information content (AvgIpc) is 4.16. The monoisotopic (exact) mass is 1130 g/mol. The Kier molecular flexibility index (Phi) is 23.8. The Morgan fingerprint density at radius 1 is 0.422 bits per heavy atom. The molecule has 4 heterocycles.